The Kier molecular flexibility index (Phi) is 6.22. The van der Waals surface area contributed by atoms with Gasteiger partial charge in [-0.3, -0.25) is 0 Å². The van der Waals surface area contributed by atoms with Crippen LogP contribution in [0.1, 0.15) is 0 Å². The lowest BCUT2D eigenvalue weighted by atomic mass is 10.3. The summed E-state index contributed by atoms with van der Waals surface area (Å²) < 4.78 is 30.1. The number of benzene rings is 2. The zero-order chi connectivity index (χ0) is 15.3. The fourth-order valence-corrected chi connectivity index (χ4v) is 1.94. The van der Waals surface area contributed by atoms with E-state index in [4.69, 9.17) is 5.11 Å². The Bertz CT molecular complexity index is 606. The fourth-order valence-electron chi connectivity index (χ4n) is 1.18. The van der Waals surface area contributed by atoms with Gasteiger partial charge < -0.3 is 14.9 Å². The molecule has 108 valence electrons. The highest BCUT2D eigenvalue weighted by Gasteiger charge is 2.07. The number of hydrogen-bond acceptors (Lipinski definition) is 3. The van der Waals surface area contributed by atoms with Gasteiger partial charge in [0.1, 0.15) is 17.4 Å². The number of phenols is 2. The fraction of sp³-hybridized carbons (Fsp3) is 0.0769. The Hall–Kier alpha value is -1.34. The van der Waals surface area contributed by atoms with E-state index in [-0.39, 0.29) is 27.5 Å². The van der Waals surface area contributed by atoms with Gasteiger partial charge in [0.05, 0.1) is 16.1 Å². The molecular formula is C13H10Br2F2O3. The van der Waals surface area contributed by atoms with Crippen molar-refractivity contribution in [3.8, 4) is 17.2 Å². The monoisotopic (exact) mass is 410 g/mol. The van der Waals surface area contributed by atoms with Crippen molar-refractivity contribution in [3.05, 3.63) is 50.9 Å². The topological polar surface area (TPSA) is 49.7 Å². The summed E-state index contributed by atoms with van der Waals surface area (Å²) >= 11 is 5.92. The van der Waals surface area contributed by atoms with E-state index in [0.717, 1.165) is 12.1 Å². The molecule has 0 saturated heterocycles. The molecule has 2 N–H and O–H groups in total. The summed E-state index contributed by atoms with van der Waals surface area (Å²) in [6.07, 6.45) is 0. The minimum atomic E-state index is -0.452. The van der Waals surface area contributed by atoms with E-state index in [9.17, 15) is 13.9 Å². The maximum absolute atomic E-state index is 12.6. The Labute approximate surface area is 131 Å². The zero-order valence-electron chi connectivity index (χ0n) is 10.2. The second-order valence-corrected chi connectivity index (χ2v) is 5.24. The Morgan fingerprint density at radius 2 is 1.55 bits per heavy atom. The highest BCUT2D eigenvalue weighted by atomic mass is 79.9. The standard InChI is InChI=1S/C7H6BrFO2.C6H4BrFO/c1-11-6-3-4(9)2-5(8)7(6)10;7-5-3-4(8)1-2-6(5)9/h2-3,10H,1H3;1-3,9H. The van der Waals surface area contributed by atoms with Gasteiger partial charge in [-0.1, -0.05) is 0 Å². The number of ether oxygens (including phenoxy) is 1. The van der Waals surface area contributed by atoms with Gasteiger partial charge in [0.2, 0.25) is 0 Å². The number of hydrogen-bond donors (Lipinski definition) is 2. The van der Waals surface area contributed by atoms with Crippen molar-refractivity contribution < 1.29 is 23.7 Å². The number of phenolic OH excluding ortho intramolecular Hbond substituents is 2. The summed E-state index contributed by atoms with van der Waals surface area (Å²) in [5, 5.41) is 18.0. The van der Waals surface area contributed by atoms with Crippen LogP contribution >= 0.6 is 31.9 Å². The predicted molar refractivity (Wildman–Crippen MR) is 78.1 cm³/mol. The molecule has 7 heteroatoms. The quantitative estimate of drug-likeness (QED) is 0.721. The van der Waals surface area contributed by atoms with E-state index in [2.05, 4.69) is 36.6 Å². The molecule has 0 atom stereocenters. The lowest BCUT2D eigenvalue weighted by Gasteiger charge is -2.03. The van der Waals surface area contributed by atoms with Crippen molar-refractivity contribution in [2.24, 2.45) is 0 Å². The summed E-state index contributed by atoms with van der Waals surface area (Å²) in [6, 6.07) is 5.97. The lowest BCUT2D eigenvalue weighted by Crippen LogP contribution is -1.85. The van der Waals surface area contributed by atoms with E-state index in [1.807, 2.05) is 0 Å². The average Bonchev–Trinajstić information content (AvgIpc) is 2.39. The van der Waals surface area contributed by atoms with Crippen LogP contribution in [0.25, 0.3) is 0 Å². The molecule has 0 aliphatic heterocycles. The third-order valence-electron chi connectivity index (χ3n) is 2.12. The second-order valence-electron chi connectivity index (χ2n) is 3.53. The number of rotatable bonds is 1. The van der Waals surface area contributed by atoms with Crippen LogP contribution in [0.2, 0.25) is 0 Å². The summed E-state index contributed by atoms with van der Waals surface area (Å²) in [5.41, 5.74) is 0. The maximum atomic E-state index is 12.6. The summed E-state index contributed by atoms with van der Waals surface area (Å²) in [6.45, 7) is 0. The third kappa shape index (κ3) is 4.64. The van der Waals surface area contributed by atoms with E-state index in [1.165, 1.54) is 25.3 Å². The van der Waals surface area contributed by atoms with Crippen molar-refractivity contribution in [1.82, 2.24) is 0 Å². The molecule has 0 amide bonds. The predicted octanol–water partition coefficient (Wildman–Crippen LogP) is 4.60. The van der Waals surface area contributed by atoms with E-state index >= 15 is 0 Å². The number of aromatic hydroxyl groups is 2. The molecule has 0 bridgehead atoms. The molecule has 0 fully saturated rings. The molecular weight excluding hydrogens is 402 g/mol. The first-order chi connectivity index (χ1) is 9.35. The van der Waals surface area contributed by atoms with Gasteiger partial charge in [-0.25, -0.2) is 8.78 Å². The van der Waals surface area contributed by atoms with E-state index < -0.39 is 5.82 Å². The van der Waals surface area contributed by atoms with E-state index in [1.54, 1.807) is 0 Å². The zero-order valence-corrected chi connectivity index (χ0v) is 13.4. The van der Waals surface area contributed by atoms with Crippen LogP contribution in [0.15, 0.2) is 39.3 Å². The molecule has 0 aliphatic rings. The minimum Gasteiger partial charge on any atom is -0.507 e. The largest absolute Gasteiger partial charge is 0.507 e. The van der Waals surface area contributed by atoms with Crippen LogP contribution in [0.5, 0.6) is 17.2 Å². The van der Waals surface area contributed by atoms with Crippen LogP contribution in [0, 0.1) is 11.6 Å². The van der Waals surface area contributed by atoms with Crippen molar-refractivity contribution in [2.75, 3.05) is 7.11 Å². The van der Waals surface area contributed by atoms with Gasteiger partial charge in [-0.05, 0) is 56.1 Å². The van der Waals surface area contributed by atoms with Crippen LogP contribution in [-0.2, 0) is 0 Å². The molecule has 2 rings (SSSR count). The SMILES string of the molecule is COc1cc(F)cc(Br)c1O.Oc1ccc(F)cc1Br. The van der Waals surface area contributed by atoms with Crippen molar-refractivity contribution in [3.63, 3.8) is 0 Å². The first kappa shape index (κ1) is 16.7. The Morgan fingerprint density at radius 1 is 0.950 bits per heavy atom. The molecule has 0 radical (unpaired) electrons. The first-order valence-corrected chi connectivity index (χ1v) is 6.79. The van der Waals surface area contributed by atoms with Crippen LogP contribution in [-0.4, -0.2) is 17.3 Å². The third-order valence-corrected chi connectivity index (χ3v) is 3.36. The average molecular weight is 412 g/mol. The number of halogens is 4. The summed E-state index contributed by atoms with van der Waals surface area (Å²) in [5.74, 6) is -0.728. The normalized spacial score (nSPS) is 9.65. The molecule has 0 aliphatic carbocycles. The lowest BCUT2D eigenvalue weighted by molar-refractivity contribution is 0.368. The van der Waals surface area contributed by atoms with Crippen molar-refractivity contribution in [2.45, 2.75) is 0 Å². The van der Waals surface area contributed by atoms with Gasteiger partial charge >= 0.3 is 0 Å². The molecule has 0 aromatic heterocycles. The molecule has 0 heterocycles. The van der Waals surface area contributed by atoms with Gasteiger partial charge in [-0.15, -0.1) is 0 Å². The molecule has 2 aromatic carbocycles. The maximum Gasteiger partial charge on any atom is 0.172 e. The summed E-state index contributed by atoms with van der Waals surface area (Å²) in [4.78, 5) is 0. The second kappa shape index (κ2) is 7.44. The van der Waals surface area contributed by atoms with Gasteiger partial charge in [0.25, 0.3) is 0 Å². The first-order valence-electron chi connectivity index (χ1n) is 5.21. The molecule has 2 aromatic rings. The van der Waals surface area contributed by atoms with Gasteiger partial charge in [0, 0.05) is 6.07 Å². The highest BCUT2D eigenvalue weighted by molar-refractivity contribution is 9.10. The summed E-state index contributed by atoms with van der Waals surface area (Å²) in [7, 11) is 1.36. The molecule has 0 unspecified atom stereocenters. The Balaban J connectivity index is 0.000000204. The molecule has 20 heavy (non-hydrogen) atoms. The van der Waals surface area contributed by atoms with Gasteiger partial charge in [-0.2, -0.15) is 0 Å². The van der Waals surface area contributed by atoms with Gasteiger partial charge in [0.15, 0.2) is 11.5 Å². The van der Waals surface area contributed by atoms with Crippen molar-refractivity contribution in [1.29, 1.82) is 0 Å². The molecule has 3 nitrogen and oxygen atoms in total. The number of methoxy groups -OCH3 is 1. The van der Waals surface area contributed by atoms with Crippen LogP contribution < -0.4 is 4.74 Å². The Morgan fingerprint density at radius 3 is 2.05 bits per heavy atom. The highest BCUT2D eigenvalue weighted by Crippen LogP contribution is 2.34. The van der Waals surface area contributed by atoms with Crippen molar-refractivity contribution >= 4 is 31.9 Å². The molecule has 0 spiro atoms. The van der Waals surface area contributed by atoms with E-state index in [0.29, 0.717) is 4.47 Å². The van der Waals surface area contributed by atoms with Crippen LogP contribution in [0.4, 0.5) is 8.78 Å². The smallest absolute Gasteiger partial charge is 0.172 e. The van der Waals surface area contributed by atoms with Crippen LogP contribution in [0.3, 0.4) is 0 Å². The minimum absolute atomic E-state index is 0.0522. The molecule has 0 saturated carbocycles.